The summed E-state index contributed by atoms with van der Waals surface area (Å²) in [6, 6.07) is 0.676. The number of hydrogen-bond donors (Lipinski definition) is 1. The highest BCUT2D eigenvalue weighted by Gasteiger charge is 2.13. The Hall–Kier alpha value is -0.300. The van der Waals surface area contributed by atoms with Gasteiger partial charge in [0.2, 0.25) is 0 Å². The van der Waals surface area contributed by atoms with Gasteiger partial charge in [0.1, 0.15) is 0 Å². The van der Waals surface area contributed by atoms with Crippen LogP contribution in [0.4, 0.5) is 0 Å². The van der Waals surface area contributed by atoms with Crippen LogP contribution in [0.5, 0.6) is 0 Å². The van der Waals surface area contributed by atoms with Gasteiger partial charge in [0.15, 0.2) is 0 Å². The molecule has 0 saturated carbocycles. The first-order valence-electron chi connectivity index (χ1n) is 8.80. The van der Waals surface area contributed by atoms with Gasteiger partial charge in [-0.25, -0.2) is 0 Å². The standard InChI is InChI=1S/C18H35N/c1-3-5-6-12-15-18(19-16-4-2)17-13-10-8-7-9-11-14-17/h13,18-19H,3-12,14-16H2,1-2H3. The minimum absolute atomic E-state index is 0.676. The van der Waals surface area contributed by atoms with Gasteiger partial charge < -0.3 is 5.32 Å². The molecular weight excluding hydrogens is 230 g/mol. The van der Waals surface area contributed by atoms with Crippen LogP contribution >= 0.6 is 0 Å². The van der Waals surface area contributed by atoms with E-state index in [0.29, 0.717) is 6.04 Å². The molecule has 0 saturated heterocycles. The Morgan fingerprint density at radius 3 is 2.63 bits per heavy atom. The average Bonchev–Trinajstić information content (AvgIpc) is 2.38. The maximum absolute atomic E-state index is 3.80. The predicted octanol–water partition coefficient (Wildman–Crippen LogP) is 5.61. The fraction of sp³-hybridized carbons (Fsp3) is 0.889. The van der Waals surface area contributed by atoms with E-state index in [1.165, 1.54) is 83.6 Å². The molecule has 0 fully saturated rings. The van der Waals surface area contributed by atoms with Gasteiger partial charge in [-0.1, -0.05) is 64.0 Å². The fourth-order valence-corrected chi connectivity index (χ4v) is 3.05. The summed E-state index contributed by atoms with van der Waals surface area (Å²) >= 11 is 0. The van der Waals surface area contributed by atoms with Gasteiger partial charge in [-0.05, 0) is 45.1 Å². The summed E-state index contributed by atoms with van der Waals surface area (Å²) in [5.41, 5.74) is 1.73. The van der Waals surface area contributed by atoms with E-state index in [0.717, 1.165) is 0 Å². The van der Waals surface area contributed by atoms with Crippen molar-refractivity contribution in [3.05, 3.63) is 11.6 Å². The zero-order chi connectivity index (χ0) is 13.8. The molecule has 112 valence electrons. The normalized spacial score (nSPS) is 18.5. The lowest BCUT2D eigenvalue weighted by atomic mass is 9.92. The first-order chi connectivity index (χ1) is 9.38. The highest BCUT2D eigenvalue weighted by molar-refractivity contribution is 5.11. The van der Waals surface area contributed by atoms with Crippen LogP contribution in [-0.4, -0.2) is 12.6 Å². The van der Waals surface area contributed by atoms with E-state index in [1.54, 1.807) is 5.57 Å². The SMILES string of the molecule is CCCCCCC(NCCC)C1=CCCCCCC1. The van der Waals surface area contributed by atoms with E-state index in [4.69, 9.17) is 0 Å². The molecule has 0 bridgehead atoms. The van der Waals surface area contributed by atoms with Gasteiger partial charge in [-0.15, -0.1) is 0 Å². The summed E-state index contributed by atoms with van der Waals surface area (Å²) in [7, 11) is 0. The van der Waals surface area contributed by atoms with Crippen LogP contribution in [0, 0.1) is 0 Å². The molecule has 0 amide bonds. The molecule has 1 rings (SSSR count). The van der Waals surface area contributed by atoms with E-state index >= 15 is 0 Å². The Bertz CT molecular complexity index is 232. The minimum atomic E-state index is 0.676. The molecule has 1 unspecified atom stereocenters. The summed E-state index contributed by atoms with van der Waals surface area (Å²) in [5, 5.41) is 3.80. The Morgan fingerprint density at radius 1 is 1.00 bits per heavy atom. The molecule has 1 aliphatic carbocycles. The third-order valence-electron chi connectivity index (χ3n) is 4.26. The van der Waals surface area contributed by atoms with Gasteiger partial charge in [-0.2, -0.15) is 0 Å². The lowest BCUT2D eigenvalue weighted by Crippen LogP contribution is -2.32. The van der Waals surface area contributed by atoms with Crippen molar-refractivity contribution in [2.24, 2.45) is 0 Å². The molecule has 0 radical (unpaired) electrons. The largest absolute Gasteiger partial charge is 0.310 e. The van der Waals surface area contributed by atoms with E-state index in [1.807, 2.05) is 0 Å². The highest BCUT2D eigenvalue weighted by atomic mass is 14.9. The van der Waals surface area contributed by atoms with Crippen molar-refractivity contribution in [2.45, 2.75) is 96.9 Å². The number of rotatable bonds is 9. The summed E-state index contributed by atoms with van der Waals surface area (Å²) in [6.07, 6.45) is 19.1. The molecule has 1 atom stereocenters. The maximum Gasteiger partial charge on any atom is 0.0279 e. The first kappa shape index (κ1) is 16.8. The second-order valence-corrected chi connectivity index (χ2v) is 6.09. The van der Waals surface area contributed by atoms with E-state index in [2.05, 4.69) is 25.2 Å². The molecule has 0 aromatic heterocycles. The average molecular weight is 265 g/mol. The van der Waals surface area contributed by atoms with Crippen LogP contribution in [0.1, 0.15) is 90.9 Å². The molecule has 1 aliphatic rings. The topological polar surface area (TPSA) is 12.0 Å². The van der Waals surface area contributed by atoms with E-state index < -0.39 is 0 Å². The minimum Gasteiger partial charge on any atom is -0.310 e. The van der Waals surface area contributed by atoms with Crippen LogP contribution in [0.15, 0.2) is 11.6 Å². The lowest BCUT2D eigenvalue weighted by molar-refractivity contribution is 0.477. The van der Waals surface area contributed by atoms with Crippen LogP contribution in [0.25, 0.3) is 0 Å². The number of nitrogens with one attached hydrogen (secondary N) is 1. The number of hydrogen-bond acceptors (Lipinski definition) is 1. The van der Waals surface area contributed by atoms with Gasteiger partial charge in [0.25, 0.3) is 0 Å². The first-order valence-corrected chi connectivity index (χ1v) is 8.80. The van der Waals surface area contributed by atoms with Gasteiger partial charge in [-0.3, -0.25) is 0 Å². The van der Waals surface area contributed by atoms with Crippen LogP contribution in [0.3, 0.4) is 0 Å². The van der Waals surface area contributed by atoms with E-state index in [-0.39, 0.29) is 0 Å². The second-order valence-electron chi connectivity index (χ2n) is 6.09. The van der Waals surface area contributed by atoms with Crippen LogP contribution in [0.2, 0.25) is 0 Å². The number of unbranched alkanes of at least 4 members (excludes halogenated alkanes) is 3. The molecule has 19 heavy (non-hydrogen) atoms. The predicted molar refractivity (Wildman–Crippen MR) is 86.6 cm³/mol. The van der Waals surface area contributed by atoms with Gasteiger partial charge in [0, 0.05) is 6.04 Å². The molecule has 0 aromatic rings. The van der Waals surface area contributed by atoms with Crippen molar-refractivity contribution < 1.29 is 0 Å². The molecule has 0 aliphatic heterocycles. The molecule has 0 heterocycles. The van der Waals surface area contributed by atoms with Crippen molar-refractivity contribution in [1.29, 1.82) is 0 Å². The van der Waals surface area contributed by atoms with Crippen molar-refractivity contribution in [1.82, 2.24) is 5.32 Å². The monoisotopic (exact) mass is 265 g/mol. The molecule has 1 nitrogen and oxygen atoms in total. The molecule has 1 N–H and O–H groups in total. The van der Waals surface area contributed by atoms with Crippen molar-refractivity contribution in [3.63, 3.8) is 0 Å². The Labute approximate surface area is 121 Å². The third-order valence-corrected chi connectivity index (χ3v) is 4.26. The molecular formula is C18H35N. The van der Waals surface area contributed by atoms with Crippen LogP contribution in [-0.2, 0) is 0 Å². The molecule has 1 heteroatoms. The fourth-order valence-electron chi connectivity index (χ4n) is 3.05. The smallest absolute Gasteiger partial charge is 0.0279 e. The summed E-state index contributed by atoms with van der Waals surface area (Å²) in [6.45, 7) is 5.74. The van der Waals surface area contributed by atoms with Gasteiger partial charge in [0.05, 0.1) is 0 Å². The van der Waals surface area contributed by atoms with Crippen LogP contribution < -0.4 is 5.32 Å². The Kier molecular flexibility index (Phi) is 10.2. The molecule has 0 spiro atoms. The Balaban J connectivity index is 2.44. The van der Waals surface area contributed by atoms with Crippen molar-refractivity contribution in [2.75, 3.05) is 6.54 Å². The summed E-state index contributed by atoms with van der Waals surface area (Å²) in [5.74, 6) is 0. The zero-order valence-corrected chi connectivity index (χ0v) is 13.3. The zero-order valence-electron chi connectivity index (χ0n) is 13.3. The highest BCUT2D eigenvalue weighted by Crippen LogP contribution is 2.22. The summed E-state index contributed by atoms with van der Waals surface area (Å²) in [4.78, 5) is 0. The Morgan fingerprint density at radius 2 is 1.84 bits per heavy atom. The second kappa shape index (κ2) is 11.5. The van der Waals surface area contributed by atoms with Gasteiger partial charge >= 0.3 is 0 Å². The van der Waals surface area contributed by atoms with Crippen molar-refractivity contribution in [3.8, 4) is 0 Å². The molecule has 0 aromatic carbocycles. The summed E-state index contributed by atoms with van der Waals surface area (Å²) < 4.78 is 0. The lowest BCUT2D eigenvalue weighted by Gasteiger charge is -2.23. The quantitative estimate of drug-likeness (QED) is 0.422. The van der Waals surface area contributed by atoms with E-state index in [9.17, 15) is 0 Å². The third kappa shape index (κ3) is 7.77. The number of allylic oxidation sites excluding steroid dienone is 1. The maximum atomic E-state index is 3.80. The van der Waals surface area contributed by atoms with Crippen molar-refractivity contribution >= 4 is 0 Å².